The first-order chi connectivity index (χ1) is 13.5. The Morgan fingerprint density at radius 2 is 2.07 bits per heavy atom. The molecule has 1 aromatic heterocycles. The third kappa shape index (κ3) is 4.62. The van der Waals surface area contributed by atoms with Crippen molar-refractivity contribution in [2.75, 3.05) is 30.8 Å². The zero-order chi connectivity index (χ0) is 20.1. The van der Waals surface area contributed by atoms with Gasteiger partial charge in [-0.2, -0.15) is 5.26 Å². The lowest BCUT2D eigenvalue weighted by atomic mass is 10.1. The SMILES string of the molecule is CCN(C)C(=O)CNc1cc(-c2cnc(NC(=O)C3CC3)cn2)ccc1C#N. The van der Waals surface area contributed by atoms with Crippen LogP contribution in [-0.4, -0.2) is 46.8 Å². The number of carbonyl (C=O) groups is 2. The second-order valence-electron chi connectivity index (χ2n) is 6.68. The lowest BCUT2D eigenvalue weighted by molar-refractivity contribution is -0.127. The number of anilines is 2. The number of nitrogens with one attached hydrogen (secondary N) is 2. The third-order valence-corrected chi connectivity index (χ3v) is 4.62. The number of rotatable bonds is 7. The van der Waals surface area contributed by atoms with Crippen molar-refractivity contribution in [1.82, 2.24) is 14.9 Å². The van der Waals surface area contributed by atoms with Gasteiger partial charge in [0.05, 0.1) is 35.9 Å². The predicted octanol–water partition coefficient (Wildman–Crippen LogP) is 2.25. The van der Waals surface area contributed by atoms with Gasteiger partial charge in [-0.15, -0.1) is 0 Å². The average molecular weight is 378 g/mol. The van der Waals surface area contributed by atoms with Crippen LogP contribution in [0.15, 0.2) is 30.6 Å². The molecule has 8 heteroatoms. The Labute approximate surface area is 163 Å². The second-order valence-corrected chi connectivity index (χ2v) is 6.68. The van der Waals surface area contributed by atoms with Gasteiger partial charge in [-0.25, -0.2) is 4.98 Å². The fourth-order valence-electron chi connectivity index (χ4n) is 2.54. The molecule has 1 fully saturated rings. The van der Waals surface area contributed by atoms with E-state index in [2.05, 4.69) is 26.7 Å². The third-order valence-electron chi connectivity index (χ3n) is 4.62. The van der Waals surface area contributed by atoms with E-state index < -0.39 is 0 Å². The van der Waals surface area contributed by atoms with E-state index in [1.807, 2.05) is 6.92 Å². The summed E-state index contributed by atoms with van der Waals surface area (Å²) in [6, 6.07) is 7.34. The van der Waals surface area contributed by atoms with Crippen LogP contribution in [0.1, 0.15) is 25.3 Å². The maximum Gasteiger partial charge on any atom is 0.241 e. The Hall–Kier alpha value is -3.47. The summed E-state index contributed by atoms with van der Waals surface area (Å²) in [7, 11) is 1.73. The molecule has 28 heavy (non-hydrogen) atoms. The van der Waals surface area contributed by atoms with Crippen LogP contribution in [0.5, 0.6) is 0 Å². The molecule has 0 saturated heterocycles. The average Bonchev–Trinajstić information content (AvgIpc) is 3.57. The minimum absolute atomic E-state index is 0.0198. The van der Waals surface area contributed by atoms with Crippen LogP contribution < -0.4 is 10.6 Å². The monoisotopic (exact) mass is 378 g/mol. The molecule has 1 aromatic carbocycles. The largest absolute Gasteiger partial charge is 0.375 e. The molecule has 0 atom stereocenters. The van der Waals surface area contributed by atoms with Gasteiger partial charge in [-0.05, 0) is 31.9 Å². The summed E-state index contributed by atoms with van der Waals surface area (Å²) in [5.74, 6) is 0.435. The Morgan fingerprint density at radius 1 is 1.29 bits per heavy atom. The van der Waals surface area contributed by atoms with Gasteiger partial charge in [0.2, 0.25) is 11.8 Å². The molecule has 1 aliphatic rings. The van der Waals surface area contributed by atoms with E-state index in [1.165, 1.54) is 6.20 Å². The van der Waals surface area contributed by atoms with E-state index in [9.17, 15) is 14.9 Å². The van der Waals surface area contributed by atoms with Crippen molar-refractivity contribution >= 4 is 23.3 Å². The summed E-state index contributed by atoms with van der Waals surface area (Å²) < 4.78 is 0. The minimum Gasteiger partial charge on any atom is -0.375 e. The van der Waals surface area contributed by atoms with E-state index in [4.69, 9.17) is 0 Å². The molecule has 0 spiro atoms. The number of likely N-dealkylation sites (N-methyl/N-ethyl adjacent to an activating group) is 1. The molecule has 2 amide bonds. The molecule has 1 saturated carbocycles. The normalized spacial score (nSPS) is 12.8. The maximum absolute atomic E-state index is 12.0. The molecule has 0 radical (unpaired) electrons. The van der Waals surface area contributed by atoms with Crippen LogP contribution in [0.25, 0.3) is 11.3 Å². The van der Waals surface area contributed by atoms with Gasteiger partial charge in [0.25, 0.3) is 0 Å². The molecule has 2 N–H and O–H groups in total. The second kappa shape index (κ2) is 8.48. The summed E-state index contributed by atoms with van der Waals surface area (Å²) in [6.45, 7) is 2.61. The number of carbonyl (C=O) groups excluding carboxylic acids is 2. The molecule has 1 aliphatic carbocycles. The first-order valence-corrected chi connectivity index (χ1v) is 9.17. The molecule has 2 aromatic rings. The highest BCUT2D eigenvalue weighted by atomic mass is 16.2. The highest BCUT2D eigenvalue weighted by molar-refractivity contribution is 5.93. The van der Waals surface area contributed by atoms with Crippen molar-refractivity contribution in [2.45, 2.75) is 19.8 Å². The van der Waals surface area contributed by atoms with Crippen LogP contribution in [0.4, 0.5) is 11.5 Å². The molecule has 0 aliphatic heterocycles. The van der Waals surface area contributed by atoms with Gasteiger partial charge in [-0.3, -0.25) is 14.6 Å². The number of benzene rings is 1. The number of hydrogen-bond donors (Lipinski definition) is 2. The lowest BCUT2D eigenvalue weighted by Gasteiger charge is -2.16. The van der Waals surface area contributed by atoms with Crippen molar-refractivity contribution in [3.63, 3.8) is 0 Å². The number of hydrogen-bond acceptors (Lipinski definition) is 6. The number of nitrogens with zero attached hydrogens (tertiary/aromatic N) is 4. The Bertz CT molecular complexity index is 915. The van der Waals surface area contributed by atoms with Crippen LogP contribution in [-0.2, 0) is 9.59 Å². The first kappa shape index (κ1) is 19.3. The number of amides is 2. The number of aromatic nitrogens is 2. The Morgan fingerprint density at radius 3 is 2.68 bits per heavy atom. The van der Waals surface area contributed by atoms with Gasteiger partial charge >= 0.3 is 0 Å². The smallest absolute Gasteiger partial charge is 0.241 e. The molecule has 144 valence electrons. The van der Waals surface area contributed by atoms with E-state index in [-0.39, 0.29) is 24.3 Å². The lowest BCUT2D eigenvalue weighted by Crippen LogP contribution is -2.32. The molecule has 1 heterocycles. The molecular formula is C20H22N6O2. The van der Waals surface area contributed by atoms with Crippen molar-refractivity contribution < 1.29 is 9.59 Å². The highest BCUT2D eigenvalue weighted by Crippen LogP contribution is 2.30. The molecule has 8 nitrogen and oxygen atoms in total. The van der Waals surface area contributed by atoms with Gasteiger partial charge in [-0.1, -0.05) is 6.07 Å². The predicted molar refractivity (Wildman–Crippen MR) is 105 cm³/mol. The molecule has 3 rings (SSSR count). The fourth-order valence-corrected chi connectivity index (χ4v) is 2.54. The summed E-state index contributed by atoms with van der Waals surface area (Å²) >= 11 is 0. The summed E-state index contributed by atoms with van der Waals surface area (Å²) in [5, 5.41) is 15.1. The van der Waals surface area contributed by atoms with E-state index in [0.29, 0.717) is 29.3 Å². The van der Waals surface area contributed by atoms with Crippen LogP contribution >= 0.6 is 0 Å². The van der Waals surface area contributed by atoms with Gasteiger partial charge in [0.15, 0.2) is 5.82 Å². The quantitative estimate of drug-likeness (QED) is 0.764. The van der Waals surface area contributed by atoms with Crippen LogP contribution in [0.3, 0.4) is 0 Å². The molecule has 0 unspecified atom stereocenters. The first-order valence-electron chi connectivity index (χ1n) is 9.17. The topological polar surface area (TPSA) is 111 Å². The zero-order valence-corrected chi connectivity index (χ0v) is 15.9. The van der Waals surface area contributed by atoms with E-state index >= 15 is 0 Å². The zero-order valence-electron chi connectivity index (χ0n) is 15.9. The standard InChI is InChI=1S/C20H22N6O2/c1-3-26(2)19(27)12-23-16-8-14(6-7-15(16)9-21)17-10-24-18(11-22-17)25-20(28)13-4-5-13/h6-8,10-11,13,23H,3-5,12H2,1-2H3,(H,24,25,28). The van der Waals surface area contributed by atoms with Crippen molar-refractivity contribution in [3.8, 4) is 17.3 Å². The van der Waals surface area contributed by atoms with Crippen LogP contribution in [0, 0.1) is 17.2 Å². The van der Waals surface area contributed by atoms with Gasteiger partial charge < -0.3 is 15.5 Å². The van der Waals surface area contributed by atoms with E-state index in [1.54, 1.807) is 36.3 Å². The van der Waals surface area contributed by atoms with Gasteiger partial charge in [0, 0.05) is 25.1 Å². The number of nitriles is 1. The maximum atomic E-state index is 12.0. The summed E-state index contributed by atoms with van der Waals surface area (Å²) in [4.78, 5) is 34.0. The van der Waals surface area contributed by atoms with Crippen molar-refractivity contribution in [1.29, 1.82) is 5.26 Å². The molecular weight excluding hydrogens is 356 g/mol. The highest BCUT2D eigenvalue weighted by Gasteiger charge is 2.29. The van der Waals surface area contributed by atoms with Crippen molar-refractivity contribution in [2.24, 2.45) is 5.92 Å². The van der Waals surface area contributed by atoms with Crippen LogP contribution in [0.2, 0.25) is 0 Å². The summed E-state index contributed by atoms with van der Waals surface area (Å²) in [5.41, 5.74) is 2.36. The Balaban J connectivity index is 1.73. The minimum atomic E-state index is -0.0626. The van der Waals surface area contributed by atoms with Gasteiger partial charge in [0.1, 0.15) is 6.07 Å². The van der Waals surface area contributed by atoms with Crippen molar-refractivity contribution in [3.05, 3.63) is 36.2 Å². The fraction of sp³-hybridized carbons (Fsp3) is 0.350. The molecule has 0 bridgehead atoms. The Kier molecular flexibility index (Phi) is 5.84. The van der Waals surface area contributed by atoms with E-state index in [0.717, 1.165) is 18.4 Å². The summed E-state index contributed by atoms with van der Waals surface area (Å²) in [6.07, 6.45) is 4.94.